The standard InChI is InChI=1S/C25H25N3O4/c1-17-23(18(2)28(27-17)19-7-5-4-6-8-19)15-26-25(29)24-14-13-22(32-24)16-31-21-11-9-20(30-3)10-12-21/h4-14H,15-16H2,1-3H3,(H,26,29). The number of hydrogen-bond donors (Lipinski definition) is 1. The van der Waals surface area contributed by atoms with E-state index in [1.165, 1.54) is 0 Å². The van der Waals surface area contributed by atoms with Gasteiger partial charge in [0.1, 0.15) is 23.9 Å². The number of ether oxygens (including phenoxy) is 2. The maximum Gasteiger partial charge on any atom is 0.287 e. The molecule has 2 aromatic carbocycles. The average Bonchev–Trinajstić information content (AvgIpc) is 3.41. The summed E-state index contributed by atoms with van der Waals surface area (Å²) in [6, 6.07) is 20.6. The first-order chi connectivity index (χ1) is 15.5. The van der Waals surface area contributed by atoms with Gasteiger partial charge in [-0.1, -0.05) is 18.2 Å². The summed E-state index contributed by atoms with van der Waals surface area (Å²) in [5, 5.41) is 7.54. The van der Waals surface area contributed by atoms with Gasteiger partial charge >= 0.3 is 0 Å². The van der Waals surface area contributed by atoms with E-state index in [1.807, 2.05) is 73.1 Å². The van der Waals surface area contributed by atoms with Gasteiger partial charge in [-0.3, -0.25) is 4.79 Å². The Morgan fingerprint density at radius 1 is 1.00 bits per heavy atom. The number of furan rings is 1. The summed E-state index contributed by atoms with van der Waals surface area (Å²) >= 11 is 0. The molecule has 1 N–H and O–H groups in total. The van der Waals surface area contributed by atoms with Gasteiger partial charge in [0, 0.05) is 17.8 Å². The minimum Gasteiger partial charge on any atom is -0.497 e. The molecule has 0 saturated heterocycles. The Morgan fingerprint density at radius 2 is 1.72 bits per heavy atom. The van der Waals surface area contributed by atoms with E-state index >= 15 is 0 Å². The van der Waals surface area contributed by atoms with Crippen molar-refractivity contribution in [3.05, 3.63) is 95.2 Å². The molecule has 2 aromatic heterocycles. The van der Waals surface area contributed by atoms with E-state index < -0.39 is 0 Å². The number of carbonyl (C=O) groups is 1. The molecule has 7 heteroatoms. The molecule has 2 heterocycles. The predicted molar refractivity (Wildman–Crippen MR) is 120 cm³/mol. The molecule has 0 saturated carbocycles. The van der Waals surface area contributed by atoms with E-state index in [0.29, 0.717) is 18.1 Å². The van der Waals surface area contributed by atoms with Crippen molar-refractivity contribution in [2.45, 2.75) is 27.0 Å². The first kappa shape index (κ1) is 21.2. The summed E-state index contributed by atoms with van der Waals surface area (Å²) in [5.74, 6) is 1.97. The highest BCUT2D eigenvalue weighted by Gasteiger charge is 2.16. The van der Waals surface area contributed by atoms with Crippen molar-refractivity contribution in [1.29, 1.82) is 0 Å². The number of nitrogens with one attached hydrogen (secondary N) is 1. The monoisotopic (exact) mass is 431 g/mol. The van der Waals surface area contributed by atoms with Crippen LogP contribution in [0.1, 0.15) is 33.3 Å². The quantitative estimate of drug-likeness (QED) is 0.441. The van der Waals surface area contributed by atoms with Crippen LogP contribution in [-0.2, 0) is 13.2 Å². The van der Waals surface area contributed by atoms with Crippen molar-refractivity contribution in [1.82, 2.24) is 15.1 Å². The fraction of sp³-hybridized carbons (Fsp3) is 0.200. The fourth-order valence-electron chi connectivity index (χ4n) is 3.41. The summed E-state index contributed by atoms with van der Waals surface area (Å²) in [5.41, 5.74) is 3.83. The molecule has 32 heavy (non-hydrogen) atoms. The van der Waals surface area contributed by atoms with Crippen molar-refractivity contribution in [2.24, 2.45) is 0 Å². The lowest BCUT2D eigenvalue weighted by Crippen LogP contribution is -2.23. The molecule has 0 aliphatic heterocycles. The van der Waals surface area contributed by atoms with Crippen LogP contribution in [0.3, 0.4) is 0 Å². The van der Waals surface area contributed by atoms with Crippen molar-refractivity contribution < 1.29 is 18.7 Å². The Hall–Kier alpha value is -4.00. The first-order valence-corrected chi connectivity index (χ1v) is 10.3. The summed E-state index contributed by atoms with van der Waals surface area (Å²) in [6.45, 7) is 4.52. The molecule has 0 aliphatic carbocycles. The molecule has 7 nitrogen and oxygen atoms in total. The number of methoxy groups -OCH3 is 1. The van der Waals surface area contributed by atoms with Crippen LogP contribution in [0.4, 0.5) is 0 Å². The van der Waals surface area contributed by atoms with Gasteiger partial charge in [-0.25, -0.2) is 4.68 Å². The summed E-state index contributed by atoms with van der Waals surface area (Å²) in [4.78, 5) is 12.6. The number of nitrogens with zero attached hydrogens (tertiary/aromatic N) is 2. The number of para-hydroxylation sites is 1. The van der Waals surface area contributed by atoms with E-state index in [1.54, 1.807) is 19.2 Å². The minimum absolute atomic E-state index is 0.224. The number of rotatable bonds is 8. The van der Waals surface area contributed by atoms with Gasteiger partial charge in [0.25, 0.3) is 5.91 Å². The average molecular weight is 431 g/mol. The van der Waals surface area contributed by atoms with Crippen LogP contribution in [0.15, 0.2) is 71.1 Å². The van der Waals surface area contributed by atoms with Gasteiger partial charge in [-0.15, -0.1) is 0 Å². The smallest absolute Gasteiger partial charge is 0.287 e. The summed E-state index contributed by atoms with van der Waals surface area (Å²) < 4.78 is 18.4. The van der Waals surface area contributed by atoms with Gasteiger partial charge in [-0.05, 0) is 62.4 Å². The lowest BCUT2D eigenvalue weighted by atomic mass is 10.2. The molecule has 0 radical (unpaired) electrons. The molecular formula is C25H25N3O4. The zero-order valence-electron chi connectivity index (χ0n) is 18.3. The molecule has 164 valence electrons. The number of aryl methyl sites for hydroxylation is 1. The minimum atomic E-state index is -0.285. The second-order valence-electron chi connectivity index (χ2n) is 7.31. The van der Waals surface area contributed by atoms with E-state index in [0.717, 1.165) is 28.4 Å². The highest BCUT2D eigenvalue weighted by molar-refractivity contribution is 5.91. The van der Waals surface area contributed by atoms with Gasteiger partial charge in [0.15, 0.2) is 5.76 Å². The fourth-order valence-corrected chi connectivity index (χ4v) is 3.41. The zero-order valence-corrected chi connectivity index (χ0v) is 18.3. The molecular weight excluding hydrogens is 406 g/mol. The summed E-state index contributed by atoms with van der Waals surface area (Å²) in [6.07, 6.45) is 0. The lowest BCUT2D eigenvalue weighted by molar-refractivity contribution is 0.0919. The Morgan fingerprint density at radius 3 is 2.44 bits per heavy atom. The van der Waals surface area contributed by atoms with Crippen LogP contribution in [0.2, 0.25) is 0 Å². The molecule has 4 rings (SSSR count). The molecule has 0 bridgehead atoms. The molecule has 0 spiro atoms. The Labute approximate surface area is 186 Å². The van der Waals surface area contributed by atoms with Crippen molar-refractivity contribution in [2.75, 3.05) is 7.11 Å². The zero-order chi connectivity index (χ0) is 22.5. The van der Waals surface area contributed by atoms with Crippen LogP contribution in [0.25, 0.3) is 5.69 Å². The molecule has 1 amide bonds. The van der Waals surface area contributed by atoms with E-state index in [4.69, 9.17) is 13.9 Å². The van der Waals surface area contributed by atoms with E-state index in [-0.39, 0.29) is 18.3 Å². The van der Waals surface area contributed by atoms with Crippen LogP contribution < -0.4 is 14.8 Å². The number of aromatic nitrogens is 2. The van der Waals surface area contributed by atoms with Crippen LogP contribution >= 0.6 is 0 Å². The van der Waals surface area contributed by atoms with Crippen LogP contribution in [-0.4, -0.2) is 22.8 Å². The van der Waals surface area contributed by atoms with Gasteiger partial charge in [0.2, 0.25) is 0 Å². The molecule has 0 aliphatic rings. The van der Waals surface area contributed by atoms with Gasteiger partial charge < -0.3 is 19.2 Å². The maximum absolute atomic E-state index is 12.6. The number of benzene rings is 2. The number of carbonyl (C=O) groups excluding carboxylic acids is 1. The van der Waals surface area contributed by atoms with Gasteiger partial charge in [-0.2, -0.15) is 5.10 Å². The highest BCUT2D eigenvalue weighted by Crippen LogP contribution is 2.20. The second kappa shape index (κ2) is 9.43. The van der Waals surface area contributed by atoms with Crippen molar-refractivity contribution in [3.63, 3.8) is 0 Å². The first-order valence-electron chi connectivity index (χ1n) is 10.3. The largest absolute Gasteiger partial charge is 0.497 e. The summed E-state index contributed by atoms with van der Waals surface area (Å²) in [7, 11) is 1.61. The number of hydrogen-bond acceptors (Lipinski definition) is 5. The van der Waals surface area contributed by atoms with Crippen molar-refractivity contribution >= 4 is 5.91 Å². The van der Waals surface area contributed by atoms with Crippen LogP contribution in [0, 0.1) is 13.8 Å². The Kier molecular flexibility index (Phi) is 6.26. The number of amides is 1. The van der Waals surface area contributed by atoms with Gasteiger partial charge in [0.05, 0.1) is 18.5 Å². The molecule has 0 fully saturated rings. The third kappa shape index (κ3) is 4.67. The molecule has 4 aromatic rings. The van der Waals surface area contributed by atoms with E-state index in [2.05, 4.69) is 10.4 Å². The Balaban J connectivity index is 1.36. The van der Waals surface area contributed by atoms with E-state index in [9.17, 15) is 4.79 Å². The third-order valence-corrected chi connectivity index (χ3v) is 5.19. The Bertz CT molecular complexity index is 1190. The van der Waals surface area contributed by atoms with Crippen molar-refractivity contribution in [3.8, 4) is 17.2 Å². The predicted octanol–water partition coefficient (Wildman–Crippen LogP) is 4.60. The second-order valence-corrected chi connectivity index (χ2v) is 7.31. The maximum atomic E-state index is 12.6. The SMILES string of the molecule is COc1ccc(OCc2ccc(C(=O)NCc3c(C)nn(-c4ccccc4)c3C)o2)cc1. The normalized spacial score (nSPS) is 10.7. The topological polar surface area (TPSA) is 78.5 Å². The molecule has 0 unspecified atom stereocenters. The highest BCUT2D eigenvalue weighted by atomic mass is 16.5. The molecule has 0 atom stereocenters. The van der Waals surface area contributed by atoms with Crippen LogP contribution in [0.5, 0.6) is 11.5 Å². The lowest BCUT2D eigenvalue weighted by Gasteiger charge is -2.07. The third-order valence-electron chi connectivity index (χ3n) is 5.19.